The van der Waals surface area contributed by atoms with Gasteiger partial charge in [0.15, 0.2) is 0 Å². The van der Waals surface area contributed by atoms with Gasteiger partial charge in [0, 0.05) is 19.0 Å². The summed E-state index contributed by atoms with van der Waals surface area (Å²) < 4.78 is 0. The van der Waals surface area contributed by atoms with Crippen LogP contribution < -0.4 is 0 Å². The predicted octanol–water partition coefficient (Wildman–Crippen LogP) is 5.09. The zero-order valence-corrected chi connectivity index (χ0v) is 16.3. The summed E-state index contributed by atoms with van der Waals surface area (Å²) in [6.07, 6.45) is 0.764. The molecule has 0 N–H and O–H groups in total. The Bertz CT molecular complexity index is 856. The van der Waals surface area contributed by atoms with E-state index in [0.717, 1.165) is 27.6 Å². The zero-order valence-electron chi connectivity index (χ0n) is 15.5. The number of hydrogen-bond donors (Lipinski definition) is 0. The van der Waals surface area contributed by atoms with Crippen LogP contribution >= 0.6 is 11.3 Å². The lowest BCUT2D eigenvalue weighted by molar-refractivity contribution is 0.0694. The van der Waals surface area contributed by atoms with Crippen LogP contribution in [0.5, 0.6) is 0 Å². The lowest BCUT2D eigenvalue weighted by atomic mass is 10.1. The van der Waals surface area contributed by atoms with Crippen LogP contribution in [0.15, 0.2) is 60.7 Å². The molecule has 0 spiro atoms. The summed E-state index contributed by atoms with van der Waals surface area (Å²) in [6.45, 7) is 6.66. The normalized spacial score (nSPS) is 10.9. The van der Waals surface area contributed by atoms with E-state index in [9.17, 15) is 4.79 Å². The fourth-order valence-electron chi connectivity index (χ4n) is 2.90. The van der Waals surface area contributed by atoms with Crippen molar-refractivity contribution in [2.75, 3.05) is 0 Å². The van der Waals surface area contributed by atoms with Gasteiger partial charge in [0.1, 0.15) is 4.88 Å². The van der Waals surface area contributed by atoms with Crippen molar-refractivity contribution in [2.24, 2.45) is 0 Å². The summed E-state index contributed by atoms with van der Waals surface area (Å²) in [7, 11) is 0. The predicted molar refractivity (Wildman–Crippen MR) is 108 cm³/mol. The molecule has 1 heterocycles. The lowest BCUT2D eigenvalue weighted by Crippen LogP contribution is -2.36. The van der Waals surface area contributed by atoms with Crippen LogP contribution in [0.25, 0.3) is 0 Å². The van der Waals surface area contributed by atoms with Crippen LogP contribution in [0.1, 0.15) is 45.3 Å². The van der Waals surface area contributed by atoms with E-state index in [0.29, 0.717) is 6.54 Å². The molecule has 3 nitrogen and oxygen atoms in total. The quantitative estimate of drug-likeness (QED) is 0.610. The molecule has 3 aromatic rings. The minimum atomic E-state index is 0.0677. The van der Waals surface area contributed by atoms with E-state index in [2.05, 4.69) is 43.1 Å². The van der Waals surface area contributed by atoms with Crippen LogP contribution in [0.4, 0.5) is 0 Å². The second-order valence-corrected chi connectivity index (χ2v) is 7.78. The van der Waals surface area contributed by atoms with Crippen molar-refractivity contribution in [3.8, 4) is 0 Å². The van der Waals surface area contributed by atoms with E-state index in [1.165, 1.54) is 16.9 Å². The van der Waals surface area contributed by atoms with Gasteiger partial charge in [-0.2, -0.15) is 0 Å². The molecule has 0 aliphatic carbocycles. The van der Waals surface area contributed by atoms with Gasteiger partial charge in [-0.25, -0.2) is 4.98 Å². The van der Waals surface area contributed by atoms with E-state index in [1.54, 1.807) is 0 Å². The fourth-order valence-corrected chi connectivity index (χ4v) is 3.95. The SMILES string of the molecule is Cc1nc(Cc2ccccc2)sc1C(=O)N(Cc1ccccc1)C(C)C. The fraction of sp³-hybridized carbons (Fsp3) is 0.273. The number of benzene rings is 2. The Labute approximate surface area is 159 Å². The van der Waals surface area contributed by atoms with Gasteiger partial charge in [-0.3, -0.25) is 4.79 Å². The Balaban J connectivity index is 1.81. The molecular weight excluding hydrogens is 340 g/mol. The molecule has 0 aliphatic rings. The second kappa shape index (κ2) is 8.28. The first-order chi connectivity index (χ1) is 12.5. The third kappa shape index (κ3) is 4.38. The van der Waals surface area contributed by atoms with Gasteiger partial charge in [-0.05, 0) is 31.9 Å². The van der Waals surface area contributed by atoms with Crippen molar-refractivity contribution in [2.45, 2.75) is 39.8 Å². The van der Waals surface area contributed by atoms with E-state index in [1.807, 2.05) is 48.2 Å². The van der Waals surface area contributed by atoms with E-state index >= 15 is 0 Å². The molecule has 26 heavy (non-hydrogen) atoms. The topological polar surface area (TPSA) is 33.2 Å². The molecule has 0 fully saturated rings. The number of carbonyl (C=O) groups excluding carboxylic acids is 1. The average Bonchev–Trinajstić information content (AvgIpc) is 3.01. The van der Waals surface area contributed by atoms with Crippen LogP contribution in [0, 0.1) is 6.92 Å². The van der Waals surface area contributed by atoms with Gasteiger partial charge in [0.05, 0.1) is 10.7 Å². The highest BCUT2D eigenvalue weighted by atomic mass is 32.1. The molecule has 4 heteroatoms. The number of amides is 1. The van der Waals surface area contributed by atoms with Gasteiger partial charge in [0.2, 0.25) is 0 Å². The highest BCUT2D eigenvalue weighted by Gasteiger charge is 2.23. The lowest BCUT2D eigenvalue weighted by Gasteiger charge is -2.26. The van der Waals surface area contributed by atoms with E-state index < -0.39 is 0 Å². The summed E-state index contributed by atoms with van der Waals surface area (Å²) in [4.78, 5) is 20.5. The van der Waals surface area contributed by atoms with Crippen LogP contribution in [0.2, 0.25) is 0 Å². The van der Waals surface area contributed by atoms with Crippen molar-refractivity contribution in [1.29, 1.82) is 0 Å². The van der Waals surface area contributed by atoms with Gasteiger partial charge in [-0.15, -0.1) is 11.3 Å². The number of aromatic nitrogens is 1. The maximum absolute atomic E-state index is 13.2. The molecular formula is C22H24N2OS. The second-order valence-electron chi connectivity index (χ2n) is 6.70. The van der Waals surface area contributed by atoms with E-state index in [4.69, 9.17) is 0 Å². The summed E-state index contributed by atoms with van der Waals surface area (Å²) in [5, 5.41) is 0.987. The summed E-state index contributed by atoms with van der Waals surface area (Å²) in [6, 6.07) is 20.5. The highest BCUT2D eigenvalue weighted by molar-refractivity contribution is 7.13. The Morgan fingerprint density at radius 1 is 1.00 bits per heavy atom. The molecule has 0 saturated heterocycles. The number of thiazole rings is 1. The first-order valence-electron chi connectivity index (χ1n) is 8.89. The largest absolute Gasteiger partial charge is 0.331 e. The Morgan fingerprint density at radius 2 is 1.58 bits per heavy atom. The Hall–Kier alpha value is -2.46. The van der Waals surface area contributed by atoms with Crippen molar-refractivity contribution < 1.29 is 4.79 Å². The highest BCUT2D eigenvalue weighted by Crippen LogP contribution is 2.24. The molecule has 0 radical (unpaired) electrons. The van der Waals surface area contributed by atoms with Crippen LogP contribution in [-0.4, -0.2) is 21.8 Å². The first-order valence-corrected chi connectivity index (χ1v) is 9.71. The standard InChI is InChI=1S/C22H24N2OS/c1-16(2)24(15-19-12-8-5-9-13-19)22(25)21-17(3)23-20(26-21)14-18-10-6-4-7-11-18/h4-13,16H,14-15H2,1-3H3. The first kappa shape index (κ1) is 18.3. The van der Waals surface area contributed by atoms with Crippen molar-refractivity contribution in [3.63, 3.8) is 0 Å². The van der Waals surface area contributed by atoms with Crippen molar-refractivity contribution >= 4 is 17.2 Å². The summed E-state index contributed by atoms with van der Waals surface area (Å²) in [5.74, 6) is 0.0677. The van der Waals surface area contributed by atoms with Crippen molar-refractivity contribution in [1.82, 2.24) is 9.88 Å². The molecule has 134 valence electrons. The number of aryl methyl sites for hydroxylation is 1. The average molecular weight is 365 g/mol. The smallest absolute Gasteiger partial charge is 0.266 e. The molecule has 2 aromatic carbocycles. The van der Waals surface area contributed by atoms with E-state index in [-0.39, 0.29) is 11.9 Å². The molecule has 1 amide bonds. The molecule has 0 saturated carbocycles. The number of rotatable bonds is 6. The molecule has 0 unspecified atom stereocenters. The number of nitrogens with zero attached hydrogens (tertiary/aromatic N) is 2. The molecule has 3 rings (SSSR count). The summed E-state index contributed by atoms with van der Waals surface area (Å²) >= 11 is 1.52. The maximum atomic E-state index is 13.2. The van der Waals surface area contributed by atoms with Crippen molar-refractivity contribution in [3.05, 3.63) is 87.4 Å². The third-order valence-electron chi connectivity index (χ3n) is 4.31. The number of carbonyl (C=O) groups is 1. The van der Waals surface area contributed by atoms with Gasteiger partial charge in [0.25, 0.3) is 5.91 Å². The molecule has 1 aromatic heterocycles. The van der Waals surface area contributed by atoms with Crippen LogP contribution in [-0.2, 0) is 13.0 Å². The van der Waals surface area contributed by atoms with Crippen LogP contribution in [0.3, 0.4) is 0 Å². The Morgan fingerprint density at radius 3 is 2.15 bits per heavy atom. The minimum absolute atomic E-state index is 0.0677. The number of hydrogen-bond acceptors (Lipinski definition) is 3. The maximum Gasteiger partial charge on any atom is 0.266 e. The molecule has 0 bridgehead atoms. The van der Waals surface area contributed by atoms with Gasteiger partial charge < -0.3 is 4.90 Å². The minimum Gasteiger partial charge on any atom is -0.331 e. The Kier molecular flexibility index (Phi) is 5.84. The molecule has 0 atom stereocenters. The monoisotopic (exact) mass is 364 g/mol. The molecule has 0 aliphatic heterocycles. The third-order valence-corrected chi connectivity index (χ3v) is 5.46. The zero-order chi connectivity index (χ0) is 18.5. The van der Waals surface area contributed by atoms with Gasteiger partial charge in [-0.1, -0.05) is 60.7 Å². The summed E-state index contributed by atoms with van der Waals surface area (Å²) in [5.41, 5.74) is 3.18. The van der Waals surface area contributed by atoms with Gasteiger partial charge >= 0.3 is 0 Å².